The van der Waals surface area contributed by atoms with E-state index in [9.17, 15) is 9.59 Å². The number of carbonyl (C=O) groups is 2. The fourth-order valence-corrected chi connectivity index (χ4v) is 4.92. The number of aliphatic carboxylic acids is 2. The molecule has 5 rings (SSSR count). The summed E-state index contributed by atoms with van der Waals surface area (Å²) in [6.07, 6.45) is 0. The highest BCUT2D eigenvalue weighted by atomic mass is 16.5. The molecule has 2 N–H and O–H groups in total. The third kappa shape index (κ3) is 3.89. The van der Waals surface area contributed by atoms with E-state index in [2.05, 4.69) is 24.3 Å². The molecule has 35 heavy (non-hydrogen) atoms. The zero-order valence-corrected chi connectivity index (χ0v) is 18.7. The second kappa shape index (κ2) is 8.99. The minimum Gasteiger partial charge on any atom is -0.482 e. The molecule has 0 saturated heterocycles. The summed E-state index contributed by atoms with van der Waals surface area (Å²) in [5, 5.41) is 17.9. The molecule has 0 unspecified atom stereocenters. The molecule has 1 aliphatic rings. The summed E-state index contributed by atoms with van der Waals surface area (Å²) in [4.78, 5) is 21.8. The monoisotopic (exact) mass is 466 g/mol. The Morgan fingerprint density at radius 2 is 0.943 bits per heavy atom. The van der Waals surface area contributed by atoms with Crippen molar-refractivity contribution in [3.63, 3.8) is 0 Å². The summed E-state index contributed by atoms with van der Waals surface area (Å²) in [7, 11) is 0. The fraction of sp³-hybridized carbons (Fsp3) is 0.103. The molecule has 6 heteroatoms. The SMILES string of the molecule is O=C(O)COc1ccc(C2(c3ccc(OCC(=O)O)cc3)c3ccccc3-c3ccccc32)cc1. The van der Waals surface area contributed by atoms with E-state index in [0.29, 0.717) is 11.5 Å². The van der Waals surface area contributed by atoms with Gasteiger partial charge in [-0.1, -0.05) is 72.8 Å². The van der Waals surface area contributed by atoms with Gasteiger partial charge in [0.15, 0.2) is 13.2 Å². The van der Waals surface area contributed by atoms with Crippen LogP contribution in [0.1, 0.15) is 22.3 Å². The molecule has 4 aromatic rings. The summed E-state index contributed by atoms with van der Waals surface area (Å²) in [6, 6.07) is 31.6. The third-order valence-corrected chi connectivity index (χ3v) is 6.25. The van der Waals surface area contributed by atoms with Crippen LogP contribution in [-0.4, -0.2) is 35.4 Å². The van der Waals surface area contributed by atoms with Gasteiger partial charge in [-0.3, -0.25) is 0 Å². The summed E-state index contributed by atoms with van der Waals surface area (Å²) in [5.74, 6) is -1.12. The average Bonchev–Trinajstić information content (AvgIpc) is 3.18. The molecule has 0 amide bonds. The third-order valence-electron chi connectivity index (χ3n) is 6.25. The topological polar surface area (TPSA) is 93.1 Å². The first kappa shape index (κ1) is 22.2. The summed E-state index contributed by atoms with van der Waals surface area (Å²) < 4.78 is 10.7. The van der Waals surface area contributed by atoms with Crippen LogP contribution in [-0.2, 0) is 15.0 Å². The van der Waals surface area contributed by atoms with Gasteiger partial charge in [-0.15, -0.1) is 0 Å². The zero-order valence-electron chi connectivity index (χ0n) is 18.7. The molecular weight excluding hydrogens is 444 g/mol. The molecule has 0 atom stereocenters. The van der Waals surface area contributed by atoms with E-state index in [1.807, 2.05) is 48.5 Å². The van der Waals surface area contributed by atoms with Gasteiger partial charge in [0, 0.05) is 0 Å². The van der Waals surface area contributed by atoms with Crippen LogP contribution in [0.15, 0.2) is 97.1 Å². The number of hydrogen-bond acceptors (Lipinski definition) is 4. The van der Waals surface area contributed by atoms with Gasteiger partial charge in [-0.2, -0.15) is 0 Å². The number of fused-ring (bicyclic) bond motifs is 3. The minimum atomic E-state index is -1.03. The van der Waals surface area contributed by atoms with Gasteiger partial charge in [-0.25, -0.2) is 9.59 Å². The number of benzene rings is 4. The number of ether oxygens (including phenoxy) is 2. The first-order valence-corrected chi connectivity index (χ1v) is 11.1. The Labute approximate surface area is 202 Å². The van der Waals surface area contributed by atoms with Gasteiger partial charge in [0.05, 0.1) is 5.41 Å². The van der Waals surface area contributed by atoms with Crippen molar-refractivity contribution in [1.82, 2.24) is 0 Å². The largest absolute Gasteiger partial charge is 0.482 e. The first-order valence-electron chi connectivity index (χ1n) is 11.1. The standard InChI is InChI=1S/C29H22O6/c30-27(31)17-34-21-13-9-19(10-14-21)29(20-11-15-22(16-12-20)35-18-28(32)33)25-7-3-1-5-23(25)24-6-2-4-8-26(24)29/h1-16H,17-18H2,(H,30,31)(H,32,33). The van der Waals surface area contributed by atoms with Crippen molar-refractivity contribution >= 4 is 11.9 Å². The van der Waals surface area contributed by atoms with Gasteiger partial charge in [-0.05, 0) is 57.6 Å². The maximum Gasteiger partial charge on any atom is 0.341 e. The molecule has 0 saturated carbocycles. The molecule has 6 nitrogen and oxygen atoms in total. The smallest absolute Gasteiger partial charge is 0.341 e. The molecular formula is C29H22O6. The molecule has 4 aromatic carbocycles. The highest BCUT2D eigenvalue weighted by Crippen LogP contribution is 2.56. The van der Waals surface area contributed by atoms with Crippen molar-refractivity contribution in [3.8, 4) is 22.6 Å². The van der Waals surface area contributed by atoms with Crippen LogP contribution in [0.5, 0.6) is 11.5 Å². The lowest BCUT2D eigenvalue weighted by atomic mass is 9.68. The van der Waals surface area contributed by atoms with E-state index in [-0.39, 0.29) is 0 Å². The lowest BCUT2D eigenvalue weighted by Crippen LogP contribution is -2.28. The lowest BCUT2D eigenvalue weighted by Gasteiger charge is -2.34. The van der Waals surface area contributed by atoms with Crippen LogP contribution in [0.3, 0.4) is 0 Å². The molecule has 0 heterocycles. The van der Waals surface area contributed by atoms with E-state index >= 15 is 0 Å². The van der Waals surface area contributed by atoms with Crippen molar-refractivity contribution < 1.29 is 29.3 Å². The molecule has 0 radical (unpaired) electrons. The molecule has 0 fully saturated rings. The Kier molecular flexibility index (Phi) is 5.71. The Morgan fingerprint density at radius 3 is 1.31 bits per heavy atom. The van der Waals surface area contributed by atoms with Crippen LogP contribution < -0.4 is 9.47 Å². The Hall–Kier alpha value is -4.58. The minimum absolute atomic E-state index is 0.409. The quantitative estimate of drug-likeness (QED) is 0.335. The van der Waals surface area contributed by atoms with Crippen molar-refractivity contribution in [2.75, 3.05) is 13.2 Å². The van der Waals surface area contributed by atoms with E-state index < -0.39 is 30.6 Å². The number of rotatable bonds is 8. The van der Waals surface area contributed by atoms with E-state index in [4.69, 9.17) is 19.7 Å². The summed E-state index contributed by atoms with van der Waals surface area (Å²) >= 11 is 0. The van der Waals surface area contributed by atoms with Crippen molar-refractivity contribution in [2.45, 2.75) is 5.41 Å². The van der Waals surface area contributed by atoms with Gasteiger partial charge >= 0.3 is 11.9 Å². The maximum atomic E-state index is 10.9. The van der Waals surface area contributed by atoms with Crippen molar-refractivity contribution in [3.05, 3.63) is 119 Å². The molecule has 0 aromatic heterocycles. The fourth-order valence-electron chi connectivity index (χ4n) is 4.92. The molecule has 0 spiro atoms. The van der Waals surface area contributed by atoms with Crippen LogP contribution in [0.25, 0.3) is 11.1 Å². The highest BCUT2D eigenvalue weighted by Gasteiger charge is 2.45. The lowest BCUT2D eigenvalue weighted by molar-refractivity contribution is -0.140. The van der Waals surface area contributed by atoms with Crippen molar-refractivity contribution in [2.24, 2.45) is 0 Å². The van der Waals surface area contributed by atoms with Gasteiger partial charge in [0.2, 0.25) is 0 Å². The summed E-state index contributed by atoms with van der Waals surface area (Å²) in [6.45, 7) is -0.818. The molecule has 0 aliphatic heterocycles. The average molecular weight is 466 g/mol. The number of carboxylic acids is 2. The second-order valence-electron chi connectivity index (χ2n) is 8.25. The molecule has 1 aliphatic carbocycles. The predicted molar refractivity (Wildman–Crippen MR) is 130 cm³/mol. The zero-order chi connectivity index (χ0) is 24.4. The predicted octanol–water partition coefficient (Wildman–Crippen LogP) is 4.98. The molecule has 174 valence electrons. The van der Waals surface area contributed by atoms with Crippen LogP contribution in [0.4, 0.5) is 0 Å². The van der Waals surface area contributed by atoms with Gasteiger partial charge in [0.1, 0.15) is 11.5 Å². The highest BCUT2D eigenvalue weighted by molar-refractivity contribution is 5.86. The normalized spacial score (nSPS) is 12.9. The van der Waals surface area contributed by atoms with E-state index in [0.717, 1.165) is 33.4 Å². The second-order valence-corrected chi connectivity index (χ2v) is 8.25. The van der Waals surface area contributed by atoms with Crippen LogP contribution in [0, 0.1) is 0 Å². The van der Waals surface area contributed by atoms with E-state index in [1.54, 1.807) is 24.3 Å². The summed E-state index contributed by atoms with van der Waals surface area (Å²) in [5.41, 5.74) is 5.89. The first-order chi connectivity index (χ1) is 17.0. The van der Waals surface area contributed by atoms with Gasteiger partial charge < -0.3 is 19.7 Å². The van der Waals surface area contributed by atoms with Gasteiger partial charge in [0.25, 0.3) is 0 Å². The Morgan fingerprint density at radius 1 is 0.571 bits per heavy atom. The van der Waals surface area contributed by atoms with Crippen molar-refractivity contribution in [1.29, 1.82) is 0 Å². The number of carboxylic acid groups (broad SMARTS) is 2. The Bertz CT molecular complexity index is 1280. The maximum absolute atomic E-state index is 10.9. The number of hydrogen-bond donors (Lipinski definition) is 2. The van der Waals surface area contributed by atoms with E-state index in [1.165, 1.54) is 0 Å². The van der Waals surface area contributed by atoms with Crippen LogP contribution >= 0.6 is 0 Å². The molecule has 0 bridgehead atoms. The van der Waals surface area contributed by atoms with Crippen LogP contribution in [0.2, 0.25) is 0 Å². The Balaban J connectivity index is 1.68.